The number of rotatable bonds is 10. The van der Waals surface area contributed by atoms with Crippen LogP contribution in [-0.2, 0) is 26.0 Å². The lowest BCUT2D eigenvalue weighted by Crippen LogP contribution is -2.40. The first-order valence-electron chi connectivity index (χ1n) is 11.5. The number of Topliss-reactive ketones (excluding diaryl/α,β-unsaturated/α-hetero) is 1. The highest BCUT2D eigenvalue weighted by molar-refractivity contribution is 7.99. The van der Waals surface area contributed by atoms with Crippen molar-refractivity contribution in [2.24, 2.45) is 0 Å². The van der Waals surface area contributed by atoms with Crippen LogP contribution in [0.25, 0.3) is 5.69 Å². The summed E-state index contributed by atoms with van der Waals surface area (Å²) in [5.41, 5.74) is 1.14. The molecule has 0 atom stereocenters. The van der Waals surface area contributed by atoms with Crippen LogP contribution < -0.4 is 5.32 Å². The Morgan fingerprint density at radius 3 is 2.51 bits per heavy atom. The van der Waals surface area contributed by atoms with E-state index in [1.54, 1.807) is 18.2 Å². The molecule has 4 rings (SSSR count). The van der Waals surface area contributed by atoms with Gasteiger partial charge in [0.25, 0.3) is 0 Å². The Bertz CT molecular complexity index is 1370. The van der Waals surface area contributed by atoms with E-state index in [0.717, 1.165) is 5.69 Å². The molecule has 1 aliphatic rings. The number of ketones is 1. The van der Waals surface area contributed by atoms with E-state index in [2.05, 4.69) is 15.5 Å². The number of ether oxygens (including phenoxy) is 1. The van der Waals surface area contributed by atoms with Crippen molar-refractivity contribution in [3.63, 3.8) is 0 Å². The molecule has 1 fully saturated rings. The Kier molecular flexibility index (Phi) is 8.98. The summed E-state index contributed by atoms with van der Waals surface area (Å²) in [6.45, 7) is 3.17. The molecule has 1 aromatic heterocycles. The molecule has 13 heteroatoms. The van der Waals surface area contributed by atoms with E-state index in [-0.39, 0.29) is 22.3 Å². The lowest BCUT2D eigenvalue weighted by atomic mass is 10.1. The SMILES string of the molecule is CC(=O)NCCc1nnc(SCC(=O)c2ccc(S(=O)(=O)N3CCOCC3)cc2)n1-c1cccc(Cl)c1. The number of amides is 1. The molecular weight excluding hydrogens is 538 g/mol. The maximum absolute atomic E-state index is 12.9. The maximum Gasteiger partial charge on any atom is 0.243 e. The molecule has 2 aromatic carbocycles. The first kappa shape index (κ1) is 27.3. The van der Waals surface area contributed by atoms with E-state index in [1.807, 2.05) is 10.6 Å². The largest absolute Gasteiger partial charge is 0.379 e. The highest BCUT2D eigenvalue weighted by atomic mass is 35.5. The summed E-state index contributed by atoms with van der Waals surface area (Å²) in [6, 6.07) is 13.2. The first-order valence-corrected chi connectivity index (χ1v) is 14.3. The number of nitrogens with zero attached hydrogens (tertiary/aromatic N) is 4. The number of benzene rings is 2. The zero-order valence-electron chi connectivity index (χ0n) is 20.1. The summed E-state index contributed by atoms with van der Waals surface area (Å²) < 4.78 is 34.1. The van der Waals surface area contributed by atoms with Crippen LogP contribution in [0.15, 0.2) is 58.6 Å². The molecule has 10 nitrogen and oxygen atoms in total. The van der Waals surface area contributed by atoms with Gasteiger partial charge in [-0.15, -0.1) is 10.2 Å². The molecule has 1 saturated heterocycles. The lowest BCUT2D eigenvalue weighted by Gasteiger charge is -2.26. The predicted molar refractivity (Wildman–Crippen MR) is 140 cm³/mol. The summed E-state index contributed by atoms with van der Waals surface area (Å²) in [6.07, 6.45) is 0.437. The third-order valence-electron chi connectivity index (χ3n) is 5.61. The summed E-state index contributed by atoms with van der Waals surface area (Å²) >= 11 is 7.40. The molecule has 1 amide bonds. The number of hydrogen-bond donors (Lipinski definition) is 1. The summed E-state index contributed by atoms with van der Waals surface area (Å²) in [4.78, 5) is 24.3. The predicted octanol–water partition coefficient (Wildman–Crippen LogP) is 2.60. The van der Waals surface area contributed by atoms with Gasteiger partial charge in [-0.1, -0.05) is 41.6 Å². The monoisotopic (exact) mass is 563 g/mol. The Labute approximate surface area is 224 Å². The van der Waals surface area contributed by atoms with E-state index in [4.69, 9.17) is 16.3 Å². The van der Waals surface area contributed by atoms with Gasteiger partial charge in [-0.05, 0) is 30.3 Å². The van der Waals surface area contributed by atoms with E-state index < -0.39 is 10.0 Å². The van der Waals surface area contributed by atoms with Crippen LogP contribution in [0.4, 0.5) is 0 Å². The van der Waals surface area contributed by atoms with Gasteiger partial charge in [0.15, 0.2) is 10.9 Å². The minimum atomic E-state index is -3.63. The quantitative estimate of drug-likeness (QED) is 0.295. The van der Waals surface area contributed by atoms with Crippen LogP contribution in [0.3, 0.4) is 0 Å². The van der Waals surface area contributed by atoms with Crippen molar-refractivity contribution in [2.75, 3.05) is 38.6 Å². The highest BCUT2D eigenvalue weighted by Crippen LogP contribution is 2.25. The Morgan fingerprint density at radius 1 is 1.11 bits per heavy atom. The molecule has 1 aliphatic heterocycles. The van der Waals surface area contributed by atoms with Crippen LogP contribution >= 0.6 is 23.4 Å². The molecule has 0 unspecified atom stereocenters. The molecule has 0 radical (unpaired) electrons. The van der Waals surface area contributed by atoms with Crippen LogP contribution in [0.5, 0.6) is 0 Å². The van der Waals surface area contributed by atoms with Crippen molar-refractivity contribution in [3.8, 4) is 5.69 Å². The minimum absolute atomic E-state index is 0.0694. The van der Waals surface area contributed by atoms with Crippen molar-refractivity contribution in [1.29, 1.82) is 0 Å². The van der Waals surface area contributed by atoms with Crippen LogP contribution in [0, 0.1) is 0 Å². The van der Waals surface area contributed by atoms with Crippen molar-refractivity contribution >= 4 is 45.1 Å². The number of aromatic nitrogens is 3. The Hall–Kier alpha value is -2.77. The second kappa shape index (κ2) is 12.2. The van der Waals surface area contributed by atoms with Crippen molar-refractivity contribution in [1.82, 2.24) is 24.4 Å². The van der Waals surface area contributed by atoms with Crippen molar-refractivity contribution in [3.05, 3.63) is 64.9 Å². The van der Waals surface area contributed by atoms with E-state index >= 15 is 0 Å². The second-order valence-corrected chi connectivity index (χ2v) is 11.5. The molecule has 0 aliphatic carbocycles. The number of sulfonamides is 1. The molecule has 0 saturated carbocycles. The fourth-order valence-corrected chi connectivity index (χ4v) is 6.20. The molecule has 0 spiro atoms. The third-order valence-corrected chi connectivity index (χ3v) is 8.68. The number of carbonyl (C=O) groups excluding carboxylic acids is 2. The fourth-order valence-electron chi connectivity index (χ4n) is 3.74. The average molecular weight is 564 g/mol. The number of thioether (sulfide) groups is 1. The number of halogens is 1. The van der Waals surface area contributed by atoms with Gasteiger partial charge in [-0.2, -0.15) is 4.31 Å². The Balaban J connectivity index is 1.48. The normalized spacial score (nSPS) is 14.4. The Morgan fingerprint density at radius 2 is 1.84 bits per heavy atom. The van der Waals surface area contributed by atoms with Gasteiger partial charge >= 0.3 is 0 Å². The van der Waals surface area contributed by atoms with Crippen molar-refractivity contribution < 1.29 is 22.7 Å². The van der Waals surface area contributed by atoms with Gasteiger partial charge in [0.2, 0.25) is 15.9 Å². The highest BCUT2D eigenvalue weighted by Gasteiger charge is 2.26. The standard InChI is InChI=1S/C24H26ClN5O5S2/c1-17(31)26-10-9-23-27-28-24(30(23)20-4-2-3-19(25)15-20)36-16-22(32)18-5-7-21(8-6-18)37(33,34)29-11-13-35-14-12-29/h2-8,15H,9-14,16H2,1H3,(H,26,31). The molecule has 2 heterocycles. The molecule has 37 heavy (non-hydrogen) atoms. The topological polar surface area (TPSA) is 123 Å². The molecule has 1 N–H and O–H groups in total. The number of nitrogens with one attached hydrogen (secondary N) is 1. The lowest BCUT2D eigenvalue weighted by molar-refractivity contribution is -0.118. The minimum Gasteiger partial charge on any atom is -0.379 e. The van der Waals surface area contributed by atoms with E-state index in [9.17, 15) is 18.0 Å². The van der Waals surface area contributed by atoms with Crippen LogP contribution in [-0.4, -0.2) is 77.8 Å². The molecule has 3 aromatic rings. The molecule has 0 bridgehead atoms. The zero-order chi connectivity index (χ0) is 26.4. The first-order chi connectivity index (χ1) is 17.8. The average Bonchev–Trinajstić information content (AvgIpc) is 3.30. The van der Waals surface area contributed by atoms with Gasteiger partial charge < -0.3 is 10.1 Å². The molecule has 196 valence electrons. The van der Waals surface area contributed by atoms with Gasteiger partial charge in [0, 0.05) is 43.6 Å². The van der Waals surface area contributed by atoms with Gasteiger partial charge in [-0.25, -0.2) is 8.42 Å². The van der Waals surface area contributed by atoms with Gasteiger partial charge in [0.05, 0.1) is 29.5 Å². The smallest absolute Gasteiger partial charge is 0.243 e. The van der Waals surface area contributed by atoms with E-state index in [1.165, 1.54) is 47.3 Å². The zero-order valence-corrected chi connectivity index (χ0v) is 22.5. The van der Waals surface area contributed by atoms with Gasteiger partial charge in [0.1, 0.15) is 5.82 Å². The van der Waals surface area contributed by atoms with Gasteiger partial charge in [-0.3, -0.25) is 14.2 Å². The van der Waals surface area contributed by atoms with E-state index in [0.29, 0.717) is 60.8 Å². The number of morpholine rings is 1. The molecular formula is C24H26ClN5O5S2. The van der Waals surface area contributed by atoms with Crippen LogP contribution in [0.2, 0.25) is 5.02 Å². The summed E-state index contributed by atoms with van der Waals surface area (Å²) in [7, 11) is -3.63. The third kappa shape index (κ3) is 6.76. The number of hydrogen-bond acceptors (Lipinski definition) is 8. The summed E-state index contributed by atoms with van der Waals surface area (Å²) in [5, 5.41) is 12.3. The fraction of sp³-hybridized carbons (Fsp3) is 0.333. The second-order valence-electron chi connectivity index (χ2n) is 8.20. The van der Waals surface area contributed by atoms with Crippen molar-refractivity contribution in [2.45, 2.75) is 23.4 Å². The summed E-state index contributed by atoms with van der Waals surface area (Å²) in [5.74, 6) is 0.363. The number of carbonyl (C=O) groups is 2. The maximum atomic E-state index is 12.9. The van der Waals surface area contributed by atoms with Crippen LogP contribution in [0.1, 0.15) is 23.1 Å².